The van der Waals surface area contributed by atoms with Gasteiger partial charge in [-0.05, 0) is 31.5 Å². The second-order valence-electron chi connectivity index (χ2n) is 5.05. The molecule has 2 aromatic rings. The molecule has 1 aliphatic heterocycles. The Morgan fingerprint density at radius 3 is 2.89 bits per heavy atom. The van der Waals surface area contributed by atoms with Crippen molar-refractivity contribution in [3.05, 3.63) is 48.5 Å². The highest BCUT2D eigenvalue weighted by Crippen LogP contribution is 2.20. The van der Waals surface area contributed by atoms with Crippen LogP contribution in [-0.4, -0.2) is 33.6 Å². The number of benzene rings is 1. The van der Waals surface area contributed by atoms with E-state index >= 15 is 0 Å². The van der Waals surface area contributed by atoms with Crippen molar-refractivity contribution in [3.8, 4) is 5.69 Å². The van der Waals surface area contributed by atoms with Crippen LogP contribution < -0.4 is 5.73 Å². The predicted octanol–water partition coefficient (Wildman–Crippen LogP) is 1.80. The number of hydrogen-bond acceptors (Lipinski definition) is 3. The molecule has 1 unspecified atom stereocenters. The molecular weight excluding hydrogens is 236 g/mol. The highest BCUT2D eigenvalue weighted by Gasteiger charge is 2.24. The molecule has 1 atom stereocenters. The zero-order chi connectivity index (χ0) is 13.1. The summed E-state index contributed by atoms with van der Waals surface area (Å²) < 4.78 is 2.16. The Bertz CT molecular complexity index is 520. The van der Waals surface area contributed by atoms with E-state index in [4.69, 9.17) is 5.73 Å². The zero-order valence-electron chi connectivity index (χ0n) is 11.1. The first-order chi connectivity index (χ1) is 9.38. The Morgan fingerprint density at radius 1 is 1.26 bits per heavy atom. The Labute approximate surface area is 113 Å². The Balaban J connectivity index is 1.81. The summed E-state index contributed by atoms with van der Waals surface area (Å²) in [6, 6.07) is 10.9. The van der Waals surface area contributed by atoms with Gasteiger partial charge in [0, 0.05) is 30.7 Å². The first-order valence-electron chi connectivity index (χ1n) is 6.90. The molecule has 2 heterocycles. The third-order valence-electron chi connectivity index (χ3n) is 3.87. The van der Waals surface area contributed by atoms with Gasteiger partial charge in [0.2, 0.25) is 0 Å². The Kier molecular flexibility index (Phi) is 3.62. The van der Waals surface area contributed by atoms with Gasteiger partial charge >= 0.3 is 0 Å². The number of hydrogen-bond donors (Lipinski definition) is 1. The second-order valence-corrected chi connectivity index (χ2v) is 5.05. The van der Waals surface area contributed by atoms with E-state index in [9.17, 15) is 0 Å². The van der Waals surface area contributed by atoms with Gasteiger partial charge < -0.3 is 10.3 Å². The van der Waals surface area contributed by atoms with Gasteiger partial charge in [0.05, 0.1) is 6.54 Å². The largest absolute Gasteiger partial charge is 0.329 e. The van der Waals surface area contributed by atoms with Crippen LogP contribution in [0.15, 0.2) is 42.7 Å². The lowest BCUT2D eigenvalue weighted by Gasteiger charge is -2.23. The molecule has 1 aromatic carbocycles. The van der Waals surface area contributed by atoms with Gasteiger partial charge in [-0.25, -0.2) is 4.98 Å². The molecule has 1 fully saturated rings. The molecule has 1 saturated heterocycles. The molecule has 1 aromatic heterocycles. The van der Waals surface area contributed by atoms with E-state index in [1.54, 1.807) is 0 Å². The van der Waals surface area contributed by atoms with Crippen LogP contribution >= 0.6 is 0 Å². The van der Waals surface area contributed by atoms with Crippen molar-refractivity contribution in [1.29, 1.82) is 0 Å². The fraction of sp³-hybridized carbons (Fsp3) is 0.400. The summed E-state index contributed by atoms with van der Waals surface area (Å²) in [4.78, 5) is 6.95. The monoisotopic (exact) mass is 256 g/mol. The maximum Gasteiger partial charge on any atom is 0.127 e. The molecule has 4 nitrogen and oxygen atoms in total. The lowest BCUT2D eigenvalue weighted by Crippen LogP contribution is -2.35. The van der Waals surface area contributed by atoms with Crippen LogP contribution in [0.2, 0.25) is 0 Å². The zero-order valence-corrected chi connectivity index (χ0v) is 11.1. The minimum Gasteiger partial charge on any atom is -0.329 e. The van der Waals surface area contributed by atoms with Gasteiger partial charge in [-0.1, -0.05) is 18.2 Å². The van der Waals surface area contributed by atoms with Gasteiger partial charge in [-0.15, -0.1) is 0 Å². The number of likely N-dealkylation sites (tertiary alicyclic amines) is 1. The van der Waals surface area contributed by atoms with Crippen molar-refractivity contribution in [3.63, 3.8) is 0 Å². The standard InChI is InChI=1S/C15H20N4/c16-11-14-7-4-9-18(14)12-15-17-8-10-19(15)13-5-2-1-3-6-13/h1-3,5-6,8,10,14H,4,7,9,11-12,16H2. The molecule has 1 aliphatic rings. The smallest absolute Gasteiger partial charge is 0.127 e. The van der Waals surface area contributed by atoms with Gasteiger partial charge in [0.25, 0.3) is 0 Å². The third kappa shape index (κ3) is 2.55. The van der Waals surface area contributed by atoms with E-state index in [0.29, 0.717) is 6.04 Å². The lowest BCUT2D eigenvalue weighted by atomic mass is 10.2. The summed E-state index contributed by atoms with van der Waals surface area (Å²) in [5, 5.41) is 0. The van der Waals surface area contributed by atoms with Gasteiger partial charge in [0.15, 0.2) is 0 Å². The Morgan fingerprint density at radius 2 is 2.11 bits per heavy atom. The molecule has 0 bridgehead atoms. The minimum absolute atomic E-state index is 0.515. The minimum atomic E-state index is 0.515. The highest BCUT2D eigenvalue weighted by molar-refractivity contribution is 5.32. The average molecular weight is 256 g/mol. The molecular formula is C15H20N4. The van der Waals surface area contributed by atoms with Crippen LogP contribution in [0.5, 0.6) is 0 Å². The summed E-state index contributed by atoms with van der Waals surface area (Å²) in [6.07, 6.45) is 6.35. The summed E-state index contributed by atoms with van der Waals surface area (Å²) in [6.45, 7) is 2.75. The van der Waals surface area contributed by atoms with E-state index in [2.05, 4.69) is 38.7 Å². The van der Waals surface area contributed by atoms with E-state index in [1.165, 1.54) is 18.5 Å². The van der Waals surface area contributed by atoms with Crippen molar-refractivity contribution in [1.82, 2.24) is 14.5 Å². The van der Waals surface area contributed by atoms with Crippen LogP contribution in [-0.2, 0) is 6.54 Å². The number of nitrogens with zero attached hydrogens (tertiary/aromatic N) is 3. The summed E-state index contributed by atoms with van der Waals surface area (Å²) >= 11 is 0. The van der Waals surface area contributed by atoms with Crippen LogP contribution in [0.3, 0.4) is 0 Å². The van der Waals surface area contributed by atoms with Gasteiger partial charge in [-0.3, -0.25) is 4.90 Å². The van der Waals surface area contributed by atoms with Crippen LogP contribution in [0.4, 0.5) is 0 Å². The van der Waals surface area contributed by atoms with Crippen LogP contribution in [0, 0.1) is 0 Å². The molecule has 0 spiro atoms. The quantitative estimate of drug-likeness (QED) is 0.907. The summed E-state index contributed by atoms with van der Waals surface area (Å²) in [7, 11) is 0. The number of imidazole rings is 1. The molecule has 19 heavy (non-hydrogen) atoms. The maximum atomic E-state index is 5.83. The molecule has 100 valence electrons. The topological polar surface area (TPSA) is 47.1 Å². The predicted molar refractivity (Wildman–Crippen MR) is 76.1 cm³/mol. The third-order valence-corrected chi connectivity index (χ3v) is 3.87. The van der Waals surface area contributed by atoms with Gasteiger partial charge in [0.1, 0.15) is 5.82 Å². The van der Waals surface area contributed by atoms with Crippen molar-refractivity contribution < 1.29 is 0 Å². The second kappa shape index (κ2) is 5.55. The van der Waals surface area contributed by atoms with E-state index in [0.717, 1.165) is 25.5 Å². The fourth-order valence-corrected chi connectivity index (χ4v) is 2.83. The van der Waals surface area contributed by atoms with E-state index < -0.39 is 0 Å². The van der Waals surface area contributed by atoms with E-state index in [-0.39, 0.29) is 0 Å². The van der Waals surface area contributed by atoms with E-state index in [1.807, 2.05) is 18.5 Å². The maximum absolute atomic E-state index is 5.83. The molecule has 0 amide bonds. The molecule has 2 N–H and O–H groups in total. The van der Waals surface area contributed by atoms with Gasteiger partial charge in [-0.2, -0.15) is 0 Å². The van der Waals surface area contributed by atoms with Crippen LogP contribution in [0.1, 0.15) is 18.7 Å². The van der Waals surface area contributed by atoms with Crippen molar-refractivity contribution >= 4 is 0 Å². The normalized spacial score (nSPS) is 19.9. The molecule has 0 aliphatic carbocycles. The lowest BCUT2D eigenvalue weighted by molar-refractivity contribution is 0.243. The average Bonchev–Trinajstić information content (AvgIpc) is 3.09. The van der Waals surface area contributed by atoms with Crippen LogP contribution in [0.25, 0.3) is 5.69 Å². The summed E-state index contributed by atoms with van der Waals surface area (Å²) in [5.74, 6) is 1.09. The number of nitrogens with two attached hydrogens (primary N) is 1. The van der Waals surface area contributed by atoms with Crippen molar-refractivity contribution in [2.24, 2.45) is 5.73 Å². The first-order valence-corrected chi connectivity index (χ1v) is 6.90. The summed E-state index contributed by atoms with van der Waals surface area (Å²) in [5.41, 5.74) is 7.00. The molecule has 3 rings (SSSR count). The highest BCUT2D eigenvalue weighted by atomic mass is 15.2. The number of aromatic nitrogens is 2. The number of rotatable bonds is 4. The fourth-order valence-electron chi connectivity index (χ4n) is 2.83. The Hall–Kier alpha value is -1.65. The molecule has 0 radical (unpaired) electrons. The number of para-hydroxylation sites is 1. The molecule has 0 saturated carbocycles. The van der Waals surface area contributed by atoms with Crippen molar-refractivity contribution in [2.45, 2.75) is 25.4 Å². The SMILES string of the molecule is NCC1CCCN1Cc1nccn1-c1ccccc1. The first kappa shape index (κ1) is 12.4. The molecule has 4 heteroatoms. The van der Waals surface area contributed by atoms with Crippen molar-refractivity contribution in [2.75, 3.05) is 13.1 Å².